The van der Waals surface area contributed by atoms with Crippen molar-refractivity contribution in [3.8, 4) is 0 Å². The molecule has 0 N–H and O–H groups in total. The predicted molar refractivity (Wildman–Crippen MR) is 54.8 cm³/mol. The third-order valence-electron chi connectivity index (χ3n) is 2.88. The second kappa shape index (κ2) is 2.71. The third-order valence-corrected chi connectivity index (χ3v) is 2.88. The molecule has 1 saturated carbocycles. The molecule has 1 aliphatic carbocycles. The molecule has 0 spiro atoms. The first-order valence-electron chi connectivity index (χ1n) is 4.95. The fourth-order valence-corrected chi connectivity index (χ4v) is 2.01. The molecule has 2 aromatic heterocycles. The van der Waals surface area contributed by atoms with Crippen LogP contribution >= 0.6 is 0 Å². The molecule has 0 bridgehead atoms. The summed E-state index contributed by atoms with van der Waals surface area (Å²) in [7, 11) is 0. The van der Waals surface area contributed by atoms with Gasteiger partial charge in [0.25, 0.3) is 0 Å². The molecular formula is C12H11NO. The molecule has 2 nitrogen and oxygen atoms in total. The van der Waals surface area contributed by atoms with Crippen molar-refractivity contribution in [3.63, 3.8) is 0 Å². The highest BCUT2D eigenvalue weighted by Gasteiger charge is 2.27. The van der Waals surface area contributed by atoms with Gasteiger partial charge >= 0.3 is 0 Å². The zero-order valence-corrected chi connectivity index (χ0v) is 7.81. The van der Waals surface area contributed by atoms with Crippen molar-refractivity contribution in [2.45, 2.75) is 18.8 Å². The molecule has 3 rings (SSSR count). The molecule has 0 amide bonds. The Labute approximate surface area is 82.2 Å². The lowest BCUT2D eigenvalue weighted by Gasteiger charge is -1.96. The van der Waals surface area contributed by atoms with E-state index in [4.69, 9.17) is 0 Å². The summed E-state index contributed by atoms with van der Waals surface area (Å²) in [4.78, 5) is 11.0. The molecule has 0 radical (unpaired) electrons. The van der Waals surface area contributed by atoms with E-state index in [0.717, 1.165) is 17.5 Å². The van der Waals surface area contributed by atoms with Crippen molar-refractivity contribution in [1.29, 1.82) is 0 Å². The van der Waals surface area contributed by atoms with Gasteiger partial charge in [-0.2, -0.15) is 0 Å². The van der Waals surface area contributed by atoms with Crippen LogP contribution in [0.25, 0.3) is 5.52 Å². The fraction of sp³-hybridized carbons (Fsp3) is 0.250. The third kappa shape index (κ3) is 1.00. The van der Waals surface area contributed by atoms with Gasteiger partial charge in [0.15, 0.2) is 6.29 Å². The Hall–Kier alpha value is -1.57. The van der Waals surface area contributed by atoms with Crippen LogP contribution < -0.4 is 0 Å². The van der Waals surface area contributed by atoms with Gasteiger partial charge in [-0.05, 0) is 42.5 Å². The molecule has 0 saturated heterocycles. The smallest absolute Gasteiger partial charge is 0.167 e. The minimum Gasteiger partial charge on any atom is -0.314 e. The van der Waals surface area contributed by atoms with Crippen LogP contribution in [0.4, 0.5) is 0 Å². The molecule has 0 aliphatic heterocycles. The first-order valence-corrected chi connectivity index (χ1v) is 4.95. The molecule has 0 aromatic carbocycles. The molecule has 2 heteroatoms. The lowest BCUT2D eigenvalue weighted by atomic mass is 10.1. The van der Waals surface area contributed by atoms with Crippen LogP contribution in [-0.4, -0.2) is 10.7 Å². The Bertz CT molecular complexity index is 494. The monoisotopic (exact) mass is 185 g/mol. The lowest BCUT2D eigenvalue weighted by Crippen LogP contribution is -1.92. The van der Waals surface area contributed by atoms with Gasteiger partial charge in [0, 0.05) is 11.7 Å². The SMILES string of the molecule is O=Cc1c(C2CC2)cc2ccccn12. The lowest BCUT2D eigenvalue weighted by molar-refractivity contribution is 0.111. The highest BCUT2D eigenvalue weighted by molar-refractivity contribution is 5.79. The Balaban J connectivity index is 2.33. The number of aromatic nitrogens is 1. The number of carbonyl (C=O) groups is 1. The summed E-state index contributed by atoms with van der Waals surface area (Å²) in [5.74, 6) is 0.634. The Morgan fingerprint density at radius 3 is 2.93 bits per heavy atom. The highest BCUT2D eigenvalue weighted by Crippen LogP contribution is 2.42. The molecule has 14 heavy (non-hydrogen) atoms. The number of pyridine rings is 1. The van der Waals surface area contributed by atoms with E-state index in [0.29, 0.717) is 5.92 Å². The maximum atomic E-state index is 11.0. The van der Waals surface area contributed by atoms with Gasteiger partial charge in [-0.3, -0.25) is 4.79 Å². The molecule has 2 aromatic rings. The summed E-state index contributed by atoms with van der Waals surface area (Å²) < 4.78 is 1.97. The van der Waals surface area contributed by atoms with E-state index in [1.165, 1.54) is 18.4 Å². The maximum absolute atomic E-state index is 11.0. The highest BCUT2D eigenvalue weighted by atomic mass is 16.1. The zero-order valence-electron chi connectivity index (χ0n) is 7.81. The number of hydrogen-bond acceptors (Lipinski definition) is 1. The Kier molecular flexibility index (Phi) is 1.51. The molecule has 1 aliphatic rings. The largest absolute Gasteiger partial charge is 0.314 e. The van der Waals surface area contributed by atoms with Gasteiger partial charge in [0.2, 0.25) is 0 Å². The van der Waals surface area contributed by atoms with Crippen LogP contribution in [0.15, 0.2) is 30.5 Å². The number of carbonyl (C=O) groups excluding carboxylic acids is 1. The average molecular weight is 185 g/mol. The number of hydrogen-bond donors (Lipinski definition) is 0. The second-order valence-corrected chi connectivity index (χ2v) is 3.87. The zero-order chi connectivity index (χ0) is 9.54. The van der Waals surface area contributed by atoms with Gasteiger partial charge in [-0.25, -0.2) is 0 Å². The van der Waals surface area contributed by atoms with Gasteiger partial charge < -0.3 is 4.40 Å². The number of aldehydes is 1. The fourth-order valence-electron chi connectivity index (χ4n) is 2.01. The molecule has 2 heterocycles. The standard InChI is InChI=1S/C12H11NO/c14-8-12-11(9-4-5-9)7-10-3-1-2-6-13(10)12/h1-3,6-9H,4-5H2. The van der Waals surface area contributed by atoms with Crippen molar-refractivity contribution < 1.29 is 4.79 Å². The molecule has 70 valence electrons. The molecule has 0 atom stereocenters. The van der Waals surface area contributed by atoms with Crippen LogP contribution in [0, 0.1) is 0 Å². The van der Waals surface area contributed by atoms with E-state index in [1.807, 2.05) is 28.8 Å². The van der Waals surface area contributed by atoms with Gasteiger partial charge in [-0.15, -0.1) is 0 Å². The van der Waals surface area contributed by atoms with Crippen molar-refractivity contribution in [2.24, 2.45) is 0 Å². The summed E-state index contributed by atoms with van der Waals surface area (Å²) in [5.41, 5.74) is 3.19. The summed E-state index contributed by atoms with van der Waals surface area (Å²) in [6, 6.07) is 8.14. The van der Waals surface area contributed by atoms with Gasteiger partial charge in [0.1, 0.15) is 0 Å². The topological polar surface area (TPSA) is 21.5 Å². The van der Waals surface area contributed by atoms with Crippen molar-refractivity contribution in [3.05, 3.63) is 41.7 Å². The quantitative estimate of drug-likeness (QED) is 0.659. The first kappa shape index (κ1) is 7.80. The van der Waals surface area contributed by atoms with Gasteiger partial charge in [-0.1, -0.05) is 6.07 Å². The maximum Gasteiger partial charge on any atom is 0.167 e. The average Bonchev–Trinajstić information content (AvgIpc) is 2.99. The molecular weight excluding hydrogens is 174 g/mol. The normalized spacial score (nSPS) is 16.0. The van der Waals surface area contributed by atoms with Crippen LogP contribution in [-0.2, 0) is 0 Å². The van der Waals surface area contributed by atoms with Crippen molar-refractivity contribution >= 4 is 11.8 Å². The Morgan fingerprint density at radius 1 is 1.36 bits per heavy atom. The van der Waals surface area contributed by atoms with E-state index in [-0.39, 0.29) is 0 Å². The molecule has 1 fully saturated rings. The Morgan fingerprint density at radius 2 is 2.21 bits per heavy atom. The summed E-state index contributed by atoms with van der Waals surface area (Å²) in [6.45, 7) is 0. The van der Waals surface area contributed by atoms with Crippen molar-refractivity contribution in [1.82, 2.24) is 4.40 Å². The number of fused-ring (bicyclic) bond motifs is 1. The van der Waals surface area contributed by atoms with Crippen LogP contribution in [0.2, 0.25) is 0 Å². The van der Waals surface area contributed by atoms with Crippen LogP contribution in [0.1, 0.15) is 34.8 Å². The number of rotatable bonds is 2. The minimum atomic E-state index is 0.634. The van der Waals surface area contributed by atoms with E-state index >= 15 is 0 Å². The van der Waals surface area contributed by atoms with E-state index in [2.05, 4.69) is 6.07 Å². The summed E-state index contributed by atoms with van der Waals surface area (Å²) >= 11 is 0. The van der Waals surface area contributed by atoms with E-state index < -0.39 is 0 Å². The number of nitrogens with zero attached hydrogens (tertiary/aromatic N) is 1. The molecule has 0 unspecified atom stereocenters. The van der Waals surface area contributed by atoms with E-state index in [9.17, 15) is 4.79 Å². The summed E-state index contributed by atoms with van der Waals surface area (Å²) in [5, 5.41) is 0. The first-order chi connectivity index (χ1) is 6.90. The predicted octanol–water partition coefficient (Wildman–Crippen LogP) is 2.63. The van der Waals surface area contributed by atoms with Gasteiger partial charge in [0.05, 0.1) is 5.69 Å². The second-order valence-electron chi connectivity index (χ2n) is 3.87. The van der Waals surface area contributed by atoms with E-state index in [1.54, 1.807) is 0 Å². The van der Waals surface area contributed by atoms with Crippen LogP contribution in [0.3, 0.4) is 0 Å². The van der Waals surface area contributed by atoms with Crippen LogP contribution in [0.5, 0.6) is 0 Å². The minimum absolute atomic E-state index is 0.634. The summed E-state index contributed by atoms with van der Waals surface area (Å²) in [6.07, 6.45) is 5.39. The van der Waals surface area contributed by atoms with Crippen molar-refractivity contribution in [2.75, 3.05) is 0 Å².